The molecule has 0 unspecified atom stereocenters. The van der Waals surface area contributed by atoms with Gasteiger partial charge in [0, 0.05) is 6.04 Å². The second-order valence-electron chi connectivity index (χ2n) is 2.41. The highest BCUT2D eigenvalue weighted by atomic mass is 16.4. The summed E-state index contributed by atoms with van der Waals surface area (Å²) in [5.74, 6) is -1.92. The Morgan fingerprint density at radius 2 is 1.91 bits per heavy atom. The van der Waals surface area contributed by atoms with E-state index in [2.05, 4.69) is 11.9 Å². The molecule has 1 amide bonds. The van der Waals surface area contributed by atoms with Crippen molar-refractivity contribution in [2.75, 3.05) is 0 Å². The van der Waals surface area contributed by atoms with Gasteiger partial charge in [0.15, 0.2) is 0 Å². The van der Waals surface area contributed by atoms with Gasteiger partial charge in [0.2, 0.25) is 0 Å². The molecule has 0 heterocycles. The number of carbonyl (C=O) groups excluding carboxylic acids is 1. The van der Waals surface area contributed by atoms with Crippen molar-refractivity contribution in [3.05, 3.63) is 12.2 Å². The molecule has 0 bridgehead atoms. The molecule has 4 heteroatoms. The lowest BCUT2D eigenvalue weighted by Crippen LogP contribution is -2.33. The number of amides is 1. The lowest BCUT2D eigenvalue weighted by atomic mass is 10.2. The van der Waals surface area contributed by atoms with Gasteiger partial charge in [-0.15, -0.1) is 0 Å². The Kier molecular flexibility index (Phi) is 3.30. The molecule has 0 aromatic heterocycles. The van der Waals surface area contributed by atoms with E-state index < -0.39 is 17.4 Å². The summed E-state index contributed by atoms with van der Waals surface area (Å²) >= 11 is 0. The molecular weight excluding hydrogens is 146 g/mol. The third kappa shape index (κ3) is 3.40. The Labute approximate surface area is 64.9 Å². The monoisotopic (exact) mass is 157 g/mol. The number of carboxylic acid groups (broad SMARTS) is 1. The Hall–Kier alpha value is -1.32. The standard InChI is InChI=1S/C7H11NO3/c1-4(2)8-6(9)5(3)7(10)11/h4H,3H2,1-2H3,(H,8,9)(H,10,11). The minimum atomic E-state index is -1.29. The molecule has 4 nitrogen and oxygen atoms in total. The quantitative estimate of drug-likeness (QED) is 0.348. The van der Waals surface area contributed by atoms with Crippen molar-refractivity contribution in [1.29, 1.82) is 0 Å². The molecule has 0 spiro atoms. The van der Waals surface area contributed by atoms with Crippen molar-refractivity contribution >= 4 is 11.9 Å². The normalized spacial score (nSPS) is 9.36. The first-order valence-electron chi connectivity index (χ1n) is 3.18. The number of aliphatic carboxylic acids is 1. The minimum absolute atomic E-state index is 0.0707. The summed E-state index contributed by atoms with van der Waals surface area (Å²) in [4.78, 5) is 21.0. The molecule has 0 saturated heterocycles. The van der Waals surface area contributed by atoms with E-state index in [0.717, 1.165) is 0 Å². The lowest BCUT2D eigenvalue weighted by Gasteiger charge is -2.06. The number of carboxylic acids is 1. The number of hydrogen-bond donors (Lipinski definition) is 2. The third-order valence-corrected chi connectivity index (χ3v) is 0.952. The predicted molar refractivity (Wildman–Crippen MR) is 40.1 cm³/mol. The fourth-order valence-corrected chi connectivity index (χ4v) is 0.446. The van der Waals surface area contributed by atoms with Crippen LogP contribution in [0.1, 0.15) is 13.8 Å². The number of carbonyl (C=O) groups is 2. The highest BCUT2D eigenvalue weighted by molar-refractivity contribution is 6.15. The molecule has 0 fully saturated rings. The van der Waals surface area contributed by atoms with Crippen LogP contribution >= 0.6 is 0 Å². The zero-order valence-electron chi connectivity index (χ0n) is 6.55. The molecule has 62 valence electrons. The lowest BCUT2D eigenvalue weighted by molar-refractivity contribution is -0.135. The minimum Gasteiger partial charge on any atom is -0.478 e. The van der Waals surface area contributed by atoms with Crippen LogP contribution in [-0.2, 0) is 9.59 Å². The molecular formula is C7H11NO3. The summed E-state index contributed by atoms with van der Waals surface area (Å²) in [7, 11) is 0. The Balaban J connectivity index is 4.05. The Morgan fingerprint density at radius 1 is 1.45 bits per heavy atom. The molecule has 0 atom stereocenters. The Bertz CT molecular complexity index is 196. The number of nitrogens with one attached hydrogen (secondary N) is 1. The van der Waals surface area contributed by atoms with Gasteiger partial charge in [-0.1, -0.05) is 6.58 Å². The van der Waals surface area contributed by atoms with E-state index >= 15 is 0 Å². The zero-order chi connectivity index (χ0) is 9.02. The summed E-state index contributed by atoms with van der Waals surface area (Å²) in [5.41, 5.74) is -0.432. The smallest absolute Gasteiger partial charge is 0.340 e. The van der Waals surface area contributed by atoms with Crippen LogP contribution in [0.5, 0.6) is 0 Å². The third-order valence-electron chi connectivity index (χ3n) is 0.952. The number of hydrogen-bond acceptors (Lipinski definition) is 2. The van der Waals surface area contributed by atoms with Gasteiger partial charge < -0.3 is 10.4 Å². The van der Waals surface area contributed by atoms with Gasteiger partial charge in [0.05, 0.1) is 0 Å². The molecule has 2 N–H and O–H groups in total. The average Bonchev–Trinajstić information content (AvgIpc) is 1.84. The van der Waals surface area contributed by atoms with Crippen molar-refractivity contribution < 1.29 is 14.7 Å². The summed E-state index contributed by atoms with van der Waals surface area (Å²) in [5, 5.41) is 10.7. The van der Waals surface area contributed by atoms with Gasteiger partial charge in [-0.05, 0) is 13.8 Å². The van der Waals surface area contributed by atoms with Crippen molar-refractivity contribution in [2.24, 2.45) is 0 Å². The molecule has 11 heavy (non-hydrogen) atoms. The van der Waals surface area contributed by atoms with Crippen molar-refractivity contribution in [2.45, 2.75) is 19.9 Å². The van der Waals surface area contributed by atoms with Crippen LogP contribution in [0, 0.1) is 0 Å². The SMILES string of the molecule is C=C(C(=O)O)C(=O)NC(C)C. The first kappa shape index (κ1) is 9.68. The fourth-order valence-electron chi connectivity index (χ4n) is 0.446. The summed E-state index contributed by atoms with van der Waals surface area (Å²) < 4.78 is 0. The zero-order valence-corrected chi connectivity index (χ0v) is 6.55. The van der Waals surface area contributed by atoms with Gasteiger partial charge in [-0.25, -0.2) is 4.79 Å². The van der Waals surface area contributed by atoms with Crippen LogP contribution in [-0.4, -0.2) is 23.0 Å². The van der Waals surface area contributed by atoms with E-state index in [9.17, 15) is 9.59 Å². The van der Waals surface area contributed by atoms with Crippen molar-refractivity contribution in [3.63, 3.8) is 0 Å². The molecule has 0 aliphatic carbocycles. The maximum absolute atomic E-state index is 10.8. The largest absolute Gasteiger partial charge is 0.478 e. The molecule has 0 saturated carbocycles. The summed E-state index contributed by atoms with van der Waals surface area (Å²) in [6, 6.07) is -0.0707. The maximum Gasteiger partial charge on any atom is 0.340 e. The molecule has 0 aromatic carbocycles. The topological polar surface area (TPSA) is 66.4 Å². The highest BCUT2D eigenvalue weighted by Gasteiger charge is 2.13. The van der Waals surface area contributed by atoms with Crippen LogP contribution in [0.15, 0.2) is 12.2 Å². The maximum atomic E-state index is 10.8. The molecule has 0 radical (unpaired) electrons. The van der Waals surface area contributed by atoms with E-state index in [0.29, 0.717) is 0 Å². The van der Waals surface area contributed by atoms with E-state index in [1.165, 1.54) is 0 Å². The van der Waals surface area contributed by atoms with Crippen LogP contribution in [0.4, 0.5) is 0 Å². The number of rotatable bonds is 3. The molecule has 0 aromatic rings. The molecule has 0 rings (SSSR count). The van der Waals surface area contributed by atoms with E-state index in [-0.39, 0.29) is 6.04 Å². The summed E-state index contributed by atoms with van der Waals surface area (Å²) in [6.07, 6.45) is 0. The van der Waals surface area contributed by atoms with Crippen LogP contribution in [0.2, 0.25) is 0 Å². The van der Waals surface area contributed by atoms with Gasteiger partial charge in [-0.3, -0.25) is 4.79 Å². The van der Waals surface area contributed by atoms with E-state index in [1.807, 2.05) is 0 Å². The first-order valence-corrected chi connectivity index (χ1v) is 3.18. The van der Waals surface area contributed by atoms with Crippen LogP contribution in [0.25, 0.3) is 0 Å². The highest BCUT2D eigenvalue weighted by Crippen LogP contribution is 1.90. The fraction of sp³-hybridized carbons (Fsp3) is 0.429. The van der Waals surface area contributed by atoms with E-state index in [1.54, 1.807) is 13.8 Å². The first-order chi connectivity index (χ1) is 4.95. The van der Waals surface area contributed by atoms with Gasteiger partial charge in [0.1, 0.15) is 5.57 Å². The van der Waals surface area contributed by atoms with Gasteiger partial charge in [-0.2, -0.15) is 0 Å². The van der Waals surface area contributed by atoms with Crippen molar-refractivity contribution in [3.8, 4) is 0 Å². The molecule has 0 aliphatic rings. The van der Waals surface area contributed by atoms with E-state index in [4.69, 9.17) is 5.11 Å². The second-order valence-corrected chi connectivity index (χ2v) is 2.41. The Morgan fingerprint density at radius 3 is 2.18 bits per heavy atom. The van der Waals surface area contributed by atoms with Crippen LogP contribution < -0.4 is 5.32 Å². The van der Waals surface area contributed by atoms with Gasteiger partial charge in [0.25, 0.3) is 5.91 Å². The van der Waals surface area contributed by atoms with Crippen LogP contribution in [0.3, 0.4) is 0 Å². The second kappa shape index (κ2) is 3.75. The van der Waals surface area contributed by atoms with Crippen molar-refractivity contribution in [1.82, 2.24) is 5.32 Å². The average molecular weight is 157 g/mol. The summed E-state index contributed by atoms with van der Waals surface area (Å²) in [6.45, 7) is 6.58. The predicted octanol–water partition coefficient (Wildman–Crippen LogP) is 0.152. The van der Waals surface area contributed by atoms with Gasteiger partial charge >= 0.3 is 5.97 Å². The molecule has 0 aliphatic heterocycles.